The molecule has 0 saturated carbocycles. The zero-order valence-electron chi connectivity index (χ0n) is 10.8. The third kappa shape index (κ3) is 5.38. The summed E-state index contributed by atoms with van der Waals surface area (Å²) in [5.41, 5.74) is 1.01. The van der Waals surface area contributed by atoms with Crippen molar-refractivity contribution in [3.63, 3.8) is 0 Å². The van der Waals surface area contributed by atoms with Crippen molar-refractivity contribution in [1.82, 2.24) is 5.32 Å². The summed E-state index contributed by atoms with van der Waals surface area (Å²) >= 11 is 0. The Labute approximate surface area is 103 Å². The van der Waals surface area contributed by atoms with Crippen LogP contribution in [0.5, 0.6) is 5.75 Å². The van der Waals surface area contributed by atoms with Crippen LogP contribution in [0.2, 0.25) is 0 Å². The van der Waals surface area contributed by atoms with Crippen molar-refractivity contribution < 1.29 is 9.53 Å². The molecule has 17 heavy (non-hydrogen) atoms. The molecule has 0 aromatic heterocycles. The lowest BCUT2D eigenvalue weighted by Crippen LogP contribution is -2.28. The zero-order valence-corrected chi connectivity index (χ0v) is 10.8. The molecule has 0 saturated heterocycles. The van der Waals surface area contributed by atoms with Crippen LogP contribution in [-0.2, 0) is 11.2 Å². The van der Waals surface area contributed by atoms with Crippen LogP contribution in [0.3, 0.4) is 0 Å². The fourth-order valence-corrected chi connectivity index (χ4v) is 1.44. The van der Waals surface area contributed by atoms with Gasteiger partial charge in [-0.15, -0.1) is 0 Å². The molecule has 1 aromatic rings. The monoisotopic (exact) mass is 235 g/mol. The van der Waals surface area contributed by atoms with Crippen LogP contribution in [0.25, 0.3) is 0 Å². The van der Waals surface area contributed by atoms with Crippen molar-refractivity contribution in [3.05, 3.63) is 29.8 Å². The number of hydrogen-bond donors (Lipinski definition) is 1. The number of carbonyl (C=O) groups excluding carboxylic acids is 1. The zero-order chi connectivity index (χ0) is 12.7. The van der Waals surface area contributed by atoms with Crippen LogP contribution < -0.4 is 10.1 Å². The van der Waals surface area contributed by atoms with E-state index in [1.807, 2.05) is 31.2 Å². The summed E-state index contributed by atoms with van der Waals surface area (Å²) in [5, 5.41) is 2.90. The quantitative estimate of drug-likeness (QED) is 0.822. The highest BCUT2D eigenvalue weighted by atomic mass is 16.5. The van der Waals surface area contributed by atoms with Crippen molar-refractivity contribution in [2.75, 3.05) is 13.2 Å². The Balaban J connectivity index is 2.43. The van der Waals surface area contributed by atoms with Gasteiger partial charge in [0.25, 0.3) is 0 Å². The minimum absolute atomic E-state index is 0.0721. The fraction of sp³-hybridized carbons (Fsp3) is 0.500. The van der Waals surface area contributed by atoms with Gasteiger partial charge < -0.3 is 10.1 Å². The first-order valence-electron chi connectivity index (χ1n) is 6.10. The van der Waals surface area contributed by atoms with Crippen LogP contribution in [-0.4, -0.2) is 19.1 Å². The highest BCUT2D eigenvalue weighted by Gasteiger charge is 2.04. The van der Waals surface area contributed by atoms with E-state index in [9.17, 15) is 4.79 Å². The van der Waals surface area contributed by atoms with Crippen molar-refractivity contribution in [1.29, 1.82) is 0 Å². The third-order valence-electron chi connectivity index (χ3n) is 2.31. The van der Waals surface area contributed by atoms with Gasteiger partial charge in [-0.3, -0.25) is 4.79 Å². The second kappa shape index (κ2) is 6.94. The molecular formula is C14H21NO2. The van der Waals surface area contributed by atoms with Gasteiger partial charge in [0.2, 0.25) is 5.91 Å². The molecule has 0 fully saturated rings. The van der Waals surface area contributed by atoms with Gasteiger partial charge in [-0.1, -0.05) is 26.0 Å². The Hall–Kier alpha value is -1.51. The maximum atomic E-state index is 11.6. The van der Waals surface area contributed by atoms with E-state index in [2.05, 4.69) is 19.2 Å². The first-order chi connectivity index (χ1) is 8.11. The summed E-state index contributed by atoms with van der Waals surface area (Å²) in [6.45, 7) is 7.51. The summed E-state index contributed by atoms with van der Waals surface area (Å²) in [5.74, 6) is 1.40. The molecule has 3 heteroatoms. The molecular weight excluding hydrogens is 214 g/mol. The highest BCUT2D eigenvalue weighted by molar-refractivity contribution is 5.78. The first-order valence-corrected chi connectivity index (χ1v) is 6.10. The SMILES string of the molecule is CCOc1ccc(CC(=O)NCC(C)C)cc1. The molecule has 0 unspecified atom stereocenters. The summed E-state index contributed by atoms with van der Waals surface area (Å²) < 4.78 is 5.34. The van der Waals surface area contributed by atoms with Crippen LogP contribution in [0.15, 0.2) is 24.3 Å². The molecule has 1 rings (SSSR count). The Kier molecular flexibility index (Phi) is 5.53. The number of carbonyl (C=O) groups is 1. The molecule has 3 nitrogen and oxygen atoms in total. The Bertz CT molecular complexity index is 344. The minimum Gasteiger partial charge on any atom is -0.494 e. The molecule has 0 spiro atoms. The lowest BCUT2D eigenvalue weighted by atomic mass is 10.1. The smallest absolute Gasteiger partial charge is 0.224 e. The second-order valence-corrected chi connectivity index (χ2v) is 4.45. The lowest BCUT2D eigenvalue weighted by Gasteiger charge is -2.08. The lowest BCUT2D eigenvalue weighted by molar-refractivity contribution is -0.120. The molecule has 1 amide bonds. The van der Waals surface area contributed by atoms with E-state index in [0.717, 1.165) is 17.9 Å². The number of ether oxygens (including phenoxy) is 1. The Morgan fingerprint density at radius 3 is 2.47 bits per heavy atom. The van der Waals surface area contributed by atoms with Crippen LogP contribution in [0, 0.1) is 5.92 Å². The van der Waals surface area contributed by atoms with Crippen molar-refractivity contribution >= 4 is 5.91 Å². The molecule has 1 aromatic carbocycles. The third-order valence-corrected chi connectivity index (χ3v) is 2.31. The van der Waals surface area contributed by atoms with E-state index >= 15 is 0 Å². The van der Waals surface area contributed by atoms with Gasteiger partial charge in [0, 0.05) is 6.54 Å². The van der Waals surface area contributed by atoms with E-state index in [0.29, 0.717) is 18.9 Å². The van der Waals surface area contributed by atoms with E-state index in [4.69, 9.17) is 4.74 Å². The van der Waals surface area contributed by atoms with Crippen molar-refractivity contribution in [2.24, 2.45) is 5.92 Å². The summed E-state index contributed by atoms with van der Waals surface area (Å²) in [7, 11) is 0. The molecule has 0 aliphatic carbocycles. The van der Waals surface area contributed by atoms with Crippen LogP contribution >= 0.6 is 0 Å². The second-order valence-electron chi connectivity index (χ2n) is 4.45. The molecule has 0 heterocycles. The highest BCUT2D eigenvalue weighted by Crippen LogP contribution is 2.12. The van der Waals surface area contributed by atoms with Gasteiger partial charge in [-0.2, -0.15) is 0 Å². The van der Waals surface area contributed by atoms with Crippen molar-refractivity contribution in [2.45, 2.75) is 27.2 Å². The first kappa shape index (κ1) is 13.6. The normalized spacial score (nSPS) is 10.4. The largest absolute Gasteiger partial charge is 0.494 e. The number of benzene rings is 1. The van der Waals surface area contributed by atoms with Crippen molar-refractivity contribution in [3.8, 4) is 5.75 Å². The van der Waals surface area contributed by atoms with Gasteiger partial charge in [0.15, 0.2) is 0 Å². The molecule has 0 radical (unpaired) electrons. The van der Waals surface area contributed by atoms with Gasteiger partial charge >= 0.3 is 0 Å². The summed E-state index contributed by atoms with van der Waals surface area (Å²) in [4.78, 5) is 11.6. The summed E-state index contributed by atoms with van der Waals surface area (Å²) in [6, 6.07) is 7.66. The molecule has 0 bridgehead atoms. The maximum Gasteiger partial charge on any atom is 0.224 e. The maximum absolute atomic E-state index is 11.6. The van der Waals surface area contributed by atoms with E-state index in [-0.39, 0.29) is 5.91 Å². The Morgan fingerprint density at radius 1 is 1.29 bits per heavy atom. The predicted octanol–water partition coefficient (Wildman–Crippen LogP) is 2.40. The van der Waals surface area contributed by atoms with Gasteiger partial charge in [0.1, 0.15) is 5.75 Å². The van der Waals surface area contributed by atoms with Gasteiger partial charge in [-0.25, -0.2) is 0 Å². The minimum atomic E-state index is 0.0721. The van der Waals surface area contributed by atoms with E-state index < -0.39 is 0 Å². The Morgan fingerprint density at radius 2 is 1.94 bits per heavy atom. The molecule has 0 aliphatic rings. The fourth-order valence-electron chi connectivity index (χ4n) is 1.44. The van der Waals surface area contributed by atoms with E-state index in [1.54, 1.807) is 0 Å². The number of nitrogens with one attached hydrogen (secondary N) is 1. The van der Waals surface area contributed by atoms with E-state index in [1.165, 1.54) is 0 Å². The molecule has 0 aliphatic heterocycles. The number of hydrogen-bond acceptors (Lipinski definition) is 2. The van der Waals surface area contributed by atoms with Gasteiger partial charge in [-0.05, 0) is 30.5 Å². The molecule has 94 valence electrons. The van der Waals surface area contributed by atoms with Crippen LogP contribution in [0.1, 0.15) is 26.3 Å². The molecule has 1 N–H and O–H groups in total. The van der Waals surface area contributed by atoms with Crippen LogP contribution in [0.4, 0.5) is 0 Å². The average Bonchev–Trinajstić information content (AvgIpc) is 2.29. The van der Waals surface area contributed by atoms with Gasteiger partial charge in [0.05, 0.1) is 13.0 Å². The topological polar surface area (TPSA) is 38.3 Å². The number of rotatable bonds is 6. The molecule has 0 atom stereocenters. The average molecular weight is 235 g/mol. The predicted molar refractivity (Wildman–Crippen MR) is 69.2 cm³/mol. The standard InChI is InChI=1S/C14H21NO2/c1-4-17-13-7-5-12(6-8-13)9-14(16)15-10-11(2)3/h5-8,11H,4,9-10H2,1-3H3,(H,15,16). The summed E-state index contributed by atoms with van der Waals surface area (Å²) in [6.07, 6.45) is 0.430. The number of amides is 1.